The molecule has 1 heterocycles. The molecule has 0 fully saturated rings. The van der Waals surface area contributed by atoms with E-state index in [-0.39, 0.29) is 12.3 Å². The molecule has 0 bridgehead atoms. The van der Waals surface area contributed by atoms with Crippen molar-refractivity contribution < 1.29 is 9.53 Å². The minimum atomic E-state index is -0.0877. The van der Waals surface area contributed by atoms with E-state index in [2.05, 4.69) is 4.98 Å². The summed E-state index contributed by atoms with van der Waals surface area (Å²) in [6, 6.07) is 12.4. The van der Waals surface area contributed by atoms with Gasteiger partial charge in [0.05, 0.1) is 6.54 Å². The van der Waals surface area contributed by atoms with Crippen molar-refractivity contribution in [1.29, 1.82) is 0 Å². The van der Waals surface area contributed by atoms with Crippen LogP contribution in [0.2, 0.25) is 0 Å². The largest absolute Gasteiger partial charge is 0.439 e. The highest BCUT2D eigenvalue weighted by molar-refractivity contribution is 5.97. The summed E-state index contributed by atoms with van der Waals surface area (Å²) in [5, 5.41) is 0. The molecule has 0 atom stereocenters. The molecule has 0 aliphatic rings. The van der Waals surface area contributed by atoms with Gasteiger partial charge in [-0.25, -0.2) is 4.98 Å². The van der Waals surface area contributed by atoms with Crippen LogP contribution in [0.5, 0.6) is 11.6 Å². The van der Waals surface area contributed by atoms with Gasteiger partial charge in [-0.1, -0.05) is 6.07 Å². The quantitative estimate of drug-likeness (QED) is 0.835. The number of aryl methyl sites for hydroxylation is 1. The van der Waals surface area contributed by atoms with Gasteiger partial charge in [0.2, 0.25) is 5.88 Å². The van der Waals surface area contributed by atoms with Gasteiger partial charge in [0, 0.05) is 17.3 Å². The number of hydrogen-bond donors (Lipinski definition) is 1. The summed E-state index contributed by atoms with van der Waals surface area (Å²) in [6.07, 6.45) is 0. The number of ether oxygens (including phenoxy) is 1. The third-order valence-electron chi connectivity index (χ3n) is 2.45. The first-order chi connectivity index (χ1) is 8.69. The molecule has 1 aromatic heterocycles. The highest BCUT2D eigenvalue weighted by atomic mass is 16.5. The third kappa shape index (κ3) is 2.93. The summed E-state index contributed by atoms with van der Waals surface area (Å²) >= 11 is 0. The van der Waals surface area contributed by atoms with Crippen molar-refractivity contribution in [2.24, 2.45) is 5.73 Å². The Hall–Kier alpha value is -2.20. The number of hydrogen-bond acceptors (Lipinski definition) is 4. The van der Waals surface area contributed by atoms with Crippen LogP contribution in [0, 0.1) is 6.92 Å². The molecule has 0 aliphatic heterocycles. The molecule has 2 N–H and O–H groups in total. The van der Waals surface area contributed by atoms with E-state index in [9.17, 15) is 4.79 Å². The lowest BCUT2D eigenvalue weighted by molar-refractivity contribution is 0.100. The van der Waals surface area contributed by atoms with Crippen molar-refractivity contribution in [2.45, 2.75) is 6.92 Å². The van der Waals surface area contributed by atoms with Crippen molar-refractivity contribution in [2.75, 3.05) is 6.54 Å². The van der Waals surface area contributed by atoms with Crippen molar-refractivity contribution in [3.8, 4) is 11.6 Å². The maximum Gasteiger partial charge on any atom is 0.219 e. The molecule has 92 valence electrons. The number of nitrogens with zero attached hydrogens (tertiary/aromatic N) is 1. The molecule has 18 heavy (non-hydrogen) atoms. The van der Waals surface area contributed by atoms with Gasteiger partial charge < -0.3 is 10.5 Å². The lowest BCUT2D eigenvalue weighted by Crippen LogP contribution is -2.13. The molecule has 1 aromatic carbocycles. The van der Waals surface area contributed by atoms with Crippen molar-refractivity contribution in [3.63, 3.8) is 0 Å². The van der Waals surface area contributed by atoms with E-state index in [1.165, 1.54) is 0 Å². The first-order valence-corrected chi connectivity index (χ1v) is 5.64. The minimum absolute atomic E-state index is 0.0135. The van der Waals surface area contributed by atoms with E-state index in [0.717, 1.165) is 5.69 Å². The van der Waals surface area contributed by atoms with Crippen LogP contribution in [-0.2, 0) is 0 Å². The Morgan fingerprint density at radius 3 is 2.56 bits per heavy atom. The molecule has 4 heteroatoms. The van der Waals surface area contributed by atoms with Crippen LogP contribution >= 0.6 is 0 Å². The fraction of sp³-hybridized carbons (Fsp3) is 0.143. The standard InChI is InChI=1S/C14H14N2O2/c1-10-3-2-4-14(16-10)18-12-7-5-11(6-8-12)13(17)9-15/h2-8H,9,15H2,1H3. The van der Waals surface area contributed by atoms with E-state index in [1.807, 2.05) is 19.1 Å². The summed E-state index contributed by atoms with van der Waals surface area (Å²) in [4.78, 5) is 15.6. The van der Waals surface area contributed by atoms with Crippen LogP contribution in [0.15, 0.2) is 42.5 Å². The number of carbonyl (C=O) groups excluding carboxylic acids is 1. The van der Waals surface area contributed by atoms with Gasteiger partial charge in [-0.15, -0.1) is 0 Å². The number of Topliss-reactive ketones (excluding diaryl/α,β-unsaturated/α-hetero) is 1. The molecule has 0 amide bonds. The fourth-order valence-corrected chi connectivity index (χ4v) is 1.52. The molecule has 2 aromatic rings. The van der Waals surface area contributed by atoms with Gasteiger partial charge in [-0.2, -0.15) is 0 Å². The Morgan fingerprint density at radius 2 is 1.94 bits per heavy atom. The number of rotatable bonds is 4. The summed E-state index contributed by atoms with van der Waals surface area (Å²) in [5.74, 6) is 1.09. The van der Waals surface area contributed by atoms with Crippen LogP contribution in [0.3, 0.4) is 0 Å². The fourth-order valence-electron chi connectivity index (χ4n) is 1.52. The smallest absolute Gasteiger partial charge is 0.219 e. The number of nitrogens with two attached hydrogens (primary N) is 1. The van der Waals surface area contributed by atoms with Gasteiger partial charge in [-0.3, -0.25) is 4.79 Å². The highest BCUT2D eigenvalue weighted by Gasteiger charge is 2.04. The molecule has 0 saturated carbocycles. The van der Waals surface area contributed by atoms with Crippen LogP contribution < -0.4 is 10.5 Å². The molecule has 0 aliphatic carbocycles. The zero-order valence-electron chi connectivity index (χ0n) is 10.1. The summed E-state index contributed by atoms with van der Waals surface area (Å²) in [5.41, 5.74) is 6.77. The first kappa shape index (κ1) is 12.3. The zero-order valence-corrected chi connectivity index (χ0v) is 10.1. The van der Waals surface area contributed by atoms with Crippen LogP contribution in [0.1, 0.15) is 16.1 Å². The Balaban J connectivity index is 2.13. The Bertz CT molecular complexity index is 550. The Kier molecular flexibility index (Phi) is 3.69. The predicted molar refractivity (Wildman–Crippen MR) is 68.9 cm³/mol. The average Bonchev–Trinajstić information content (AvgIpc) is 2.39. The lowest BCUT2D eigenvalue weighted by atomic mass is 10.1. The van der Waals surface area contributed by atoms with Gasteiger partial charge in [0.15, 0.2) is 5.78 Å². The number of carbonyl (C=O) groups is 1. The van der Waals surface area contributed by atoms with E-state index in [1.54, 1.807) is 30.3 Å². The van der Waals surface area contributed by atoms with Crippen molar-refractivity contribution >= 4 is 5.78 Å². The summed E-state index contributed by atoms with van der Waals surface area (Å²) in [7, 11) is 0. The highest BCUT2D eigenvalue weighted by Crippen LogP contribution is 2.19. The van der Waals surface area contributed by atoms with Crippen molar-refractivity contribution in [1.82, 2.24) is 4.98 Å². The second-order valence-corrected chi connectivity index (χ2v) is 3.87. The van der Waals surface area contributed by atoms with E-state index < -0.39 is 0 Å². The maximum atomic E-state index is 11.3. The van der Waals surface area contributed by atoms with E-state index in [0.29, 0.717) is 17.2 Å². The minimum Gasteiger partial charge on any atom is -0.439 e. The maximum absolute atomic E-state index is 11.3. The second kappa shape index (κ2) is 5.42. The van der Waals surface area contributed by atoms with Gasteiger partial charge >= 0.3 is 0 Å². The lowest BCUT2D eigenvalue weighted by Gasteiger charge is -2.05. The monoisotopic (exact) mass is 242 g/mol. The van der Waals surface area contributed by atoms with Gasteiger partial charge in [0.1, 0.15) is 5.75 Å². The number of benzene rings is 1. The van der Waals surface area contributed by atoms with Gasteiger partial charge in [0.25, 0.3) is 0 Å². The summed E-state index contributed by atoms with van der Waals surface area (Å²) in [6.45, 7) is 1.91. The van der Waals surface area contributed by atoms with Gasteiger partial charge in [-0.05, 0) is 37.3 Å². The molecule has 0 radical (unpaired) electrons. The third-order valence-corrected chi connectivity index (χ3v) is 2.45. The second-order valence-electron chi connectivity index (χ2n) is 3.87. The molecular weight excluding hydrogens is 228 g/mol. The van der Waals surface area contributed by atoms with Crippen LogP contribution in [0.25, 0.3) is 0 Å². The number of ketones is 1. The molecule has 4 nitrogen and oxygen atoms in total. The van der Waals surface area contributed by atoms with E-state index in [4.69, 9.17) is 10.5 Å². The average molecular weight is 242 g/mol. The van der Waals surface area contributed by atoms with Crippen LogP contribution in [0.4, 0.5) is 0 Å². The molecule has 0 spiro atoms. The summed E-state index contributed by atoms with van der Waals surface area (Å²) < 4.78 is 5.57. The molecule has 0 saturated heterocycles. The number of pyridine rings is 1. The van der Waals surface area contributed by atoms with Crippen LogP contribution in [-0.4, -0.2) is 17.3 Å². The SMILES string of the molecule is Cc1cccc(Oc2ccc(C(=O)CN)cc2)n1. The molecule has 2 rings (SSSR count). The van der Waals surface area contributed by atoms with E-state index >= 15 is 0 Å². The predicted octanol–water partition coefficient (Wildman–Crippen LogP) is 2.32. The Morgan fingerprint density at radius 1 is 1.22 bits per heavy atom. The normalized spacial score (nSPS) is 10.1. The van der Waals surface area contributed by atoms with Crippen molar-refractivity contribution in [3.05, 3.63) is 53.7 Å². The topological polar surface area (TPSA) is 65.2 Å². The first-order valence-electron chi connectivity index (χ1n) is 5.64. The Labute approximate surface area is 105 Å². The molecular formula is C14H14N2O2. The zero-order chi connectivity index (χ0) is 13.0. The number of aromatic nitrogens is 1. The molecule has 0 unspecified atom stereocenters.